The number of nitrogens with zero attached hydrogens (tertiary/aromatic N) is 7. The normalized spacial score (nSPS) is 15.6. The summed E-state index contributed by atoms with van der Waals surface area (Å²) < 4.78 is 11.4. The fraction of sp³-hybridized carbons (Fsp3) is 0.375. The zero-order valence-corrected chi connectivity index (χ0v) is 16.4. The maximum atomic E-state index is 12.8. The first kappa shape index (κ1) is 19.2. The van der Waals surface area contributed by atoms with Crippen LogP contribution >= 0.6 is 11.3 Å². The Kier molecular flexibility index (Phi) is 5.59. The van der Waals surface area contributed by atoms with Crippen molar-refractivity contribution in [1.82, 2.24) is 35.6 Å². The van der Waals surface area contributed by atoms with Crippen LogP contribution in [-0.4, -0.2) is 68.1 Å². The van der Waals surface area contributed by atoms with Crippen LogP contribution in [0.5, 0.6) is 0 Å². The van der Waals surface area contributed by atoms with Gasteiger partial charge in [0.05, 0.1) is 24.6 Å². The van der Waals surface area contributed by atoms with Gasteiger partial charge in [0.2, 0.25) is 11.6 Å². The van der Waals surface area contributed by atoms with E-state index in [1.165, 1.54) is 16.0 Å². The van der Waals surface area contributed by atoms with Crippen molar-refractivity contribution in [3.05, 3.63) is 33.8 Å². The molecule has 1 saturated heterocycles. The lowest BCUT2D eigenvalue weighted by Gasteiger charge is -2.26. The van der Waals surface area contributed by atoms with Crippen molar-refractivity contribution in [1.29, 1.82) is 0 Å². The van der Waals surface area contributed by atoms with Crippen molar-refractivity contribution in [3.63, 3.8) is 0 Å². The molecule has 29 heavy (non-hydrogen) atoms. The van der Waals surface area contributed by atoms with Crippen LogP contribution in [0.2, 0.25) is 0 Å². The minimum atomic E-state index is -0.481. The summed E-state index contributed by atoms with van der Waals surface area (Å²) in [6.45, 7) is 4.88. The largest absolute Gasteiger partial charge is 0.379 e. The summed E-state index contributed by atoms with van der Waals surface area (Å²) >= 11 is 1.54. The van der Waals surface area contributed by atoms with Gasteiger partial charge in [0, 0.05) is 24.5 Å². The van der Waals surface area contributed by atoms with E-state index < -0.39 is 5.91 Å². The van der Waals surface area contributed by atoms with E-state index in [4.69, 9.17) is 10.5 Å². The summed E-state index contributed by atoms with van der Waals surface area (Å²) in [5, 5.41) is 21.5. The highest BCUT2D eigenvalue weighted by atomic mass is 32.1. The molecule has 0 radical (unpaired) electrons. The number of carbonyl (C=O) groups excluding carboxylic acids is 1. The van der Waals surface area contributed by atoms with Crippen molar-refractivity contribution < 1.29 is 14.2 Å². The first-order valence-corrected chi connectivity index (χ1v) is 9.73. The van der Waals surface area contributed by atoms with E-state index in [9.17, 15) is 4.79 Å². The molecule has 4 heterocycles. The SMILES string of the molecule is CC(=NNC(=O)c1nnn(-c2nonc2N)c1CN1CCOCC1)c1cccs1. The Labute approximate surface area is 169 Å². The van der Waals surface area contributed by atoms with E-state index >= 15 is 0 Å². The first-order chi connectivity index (χ1) is 14.1. The third-order valence-electron chi connectivity index (χ3n) is 4.35. The number of ether oxygens (including phenoxy) is 1. The summed E-state index contributed by atoms with van der Waals surface area (Å²) in [4.78, 5) is 15.9. The molecule has 1 fully saturated rings. The van der Waals surface area contributed by atoms with Gasteiger partial charge < -0.3 is 10.5 Å². The number of rotatable bonds is 6. The lowest BCUT2D eigenvalue weighted by molar-refractivity contribution is 0.0332. The highest BCUT2D eigenvalue weighted by molar-refractivity contribution is 7.12. The molecule has 0 atom stereocenters. The molecule has 0 saturated carbocycles. The topological polar surface area (TPSA) is 150 Å². The average molecular weight is 417 g/mol. The van der Waals surface area contributed by atoms with Gasteiger partial charge in [0.25, 0.3) is 5.91 Å². The molecule has 1 aliphatic rings. The van der Waals surface area contributed by atoms with Crippen LogP contribution in [0.1, 0.15) is 28.0 Å². The van der Waals surface area contributed by atoms with Crippen LogP contribution in [0, 0.1) is 0 Å². The van der Waals surface area contributed by atoms with E-state index in [0.717, 1.165) is 4.88 Å². The molecule has 3 aromatic heterocycles. The number of hydrogen-bond acceptors (Lipinski definition) is 11. The molecule has 0 spiro atoms. The Bertz CT molecular complexity index is 1000. The van der Waals surface area contributed by atoms with E-state index in [0.29, 0.717) is 44.3 Å². The van der Waals surface area contributed by atoms with Gasteiger partial charge in [0.1, 0.15) is 0 Å². The van der Waals surface area contributed by atoms with Crippen LogP contribution in [0.4, 0.5) is 5.82 Å². The van der Waals surface area contributed by atoms with Gasteiger partial charge >= 0.3 is 0 Å². The van der Waals surface area contributed by atoms with Gasteiger partial charge in [-0.15, -0.1) is 16.4 Å². The van der Waals surface area contributed by atoms with Gasteiger partial charge in [-0.1, -0.05) is 11.3 Å². The summed E-state index contributed by atoms with van der Waals surface area (Å²) in [5.74, 6) is -0.250. The fourth-order valence-electron chi connectivity index (χ4n) is 2.83. The number of nitrogens with two attached hydrogens (primary N) is 1. The highest BCUT2D eigenvalue weighted by Gasteiger charge is 2.26. The second-order valence-corrected chi connectivity index (χ2v) is 7.22. The number of carbonyl (C=O) groups is 1. The molecule has 4 rings (SSSR count). The molecule has 0 unspecified atom stereocenters. The molecular weight excluding hydrogens is 398 g/mol. The lowest BCUT2D eigenvalue weighted by atomic mass is 10.2. The average Bonchev–Trinajstić information content (AvgIpc) is 3.48. The number of hydrazone groups is 1. The third kappa shape index (κ3) is 4.16. The van der Waals surface area contributed by atoms with Gasteiger partial charge in [-0.05, 0) is 28.7 Å². The number of morpholine rings is 1. The fourth-order valence-corrected chi connectivity index (χ4v) is 3.50. The standard InChI is InChI=1S/C16H19N9O3S/c1-10(12-3-2-8-29-12)18-20-16(26)13-11(9-24-4-6-27-7-5-24)25(23-19-13)15-14(17)21-28-22-15/h2-3,8H,4-7,9H2,1H3,(H2,17,21)(H,20,26). The highest BCUT2D eigenvalue weighted by Crippen LogP contribution is 2.18. The second kappa shape index (κ2) is 8.46. The molecule has 3 aromatic rings. The zero-order chi connectivity index (χ0) is 20.2. The van der Waals surface area contributed by atoms with Gasteiger partial charge in [-0.2, -0.15) is 9.78 Å². The molecule has 3 N–H and O–H groups in total. The molecule has 12 nitrogen and oxygen atoms in total. The molecule has 152 valence electrons. The van der Waals surface area contributed by atoms with Crippen molar-refractivity contribution in [2.75, 3.05) is 32.0 Å². The number of amides is 1. The summed E-state index contributed by atoms with van der Waals surface area (Å²) in [6.07, 6.45) is 0. The Hall–Kier alpha value is -3.16. The zero-order valence-electron chi connectivity index (χ0n) is 15.6. The molecule has 1 aliphatic heterocycles. The van der Waals surface area contributed by atoms with Gasteiger partial charge in [0.15, 0.2) is 5.69 Å². The van der Waals surface area contributed by atoms with Crippen molar-refractivity contribution in [2.24, 2.45) is 5.10 Å². The first-order valence-electron chi connectivity index (χ1n) is 8.85. The van der Waals surface area contributed by atoms with Crippen LogP contribution in [0.3, 0.4) is 0 Å². The summed E-state index contributed by atoms with van der Waals surface area (Å²) in [5.41, 5.74) is 9.68. The maximum Gasteiger partial charge on any atom is 0.293 e. The second-order valence-electron chi connectivity index (χ2n) is 6.27. The van der Waals surface area contributed by atoms with Crippen LogP contribution < -0.4 is 11.2 Å². The number of anilines is 1. The predicted octanol–water partition coefficient (Wildman–Crippen LogP) is 0.280. The minimum absolute atomic E-state index is 0.0525. The third-order valence-corrected chi connectivity index (χ3v) is 5.33. The smallest absolute Gasteiger partial charge is 0.293 e. The number of nitrogen functional groups attached to an aromatic ring is 1. The molecule has 0 bridgehead atoms. The van der Waals surface area contributed by atoms with Crippen molar-refractivity contribution in [2.45, 2.75) is 13.5 Å². The number of nitrogens with one attached hydrogen (secondary N) is 1. The van der Waals surface area contributed by atoms with E-state index in [1.807, 2.05) is 24.4 Å². The monoisotopic (exact) mass is 417 g/mol. The Morgan fingerprint density at radius 3 is 2.90 bits per heavy atom. The Balaban J connectivity index is 1.61. The Morgan fingerprint density at radius 2 is 2.21 bits per heavy atom. The molecular formula is C16H19N9O3S. The molecule has 1 amide bonds. The van der Waals surface area contributed by atoms with Crippen LogP contribution in [0.25, 0.3) is 5.82 Å². The van der Waals surface area contributed by atoms with Crippen molar-refractivity contribution >= 4 is 28.8 Å². The minimum Gasteiger partial charge on any atom is -0.379 e. The maximum absolute atomic E-state index is 12.8. The Morgan fingerprint density at radius 1 is 1.38 bits per heavy atom. The summed E-state index contributed by atoms with van der Waals surface area (Å²) in [6, 6.07) is 3.85. The molecule has 0 aliphatic carbocycles. The molecule has 0 aromatic carbocycles. The number of aromatic nitrogens is 5. The quantitative estimate of drug-likeness (QED) is 0.426. The van der Waals surface area contributed by atoms with E-state index in [2.05, 4.69) is 40.7 Å². The number of hydrogen-bond donors (Lipinski definition) is 2. The molecule has 13 heteroatoms. The summed E-state index contributed by atoms with van der Waals surface area (Å²) in [7, 11) is 0. The van der Waals surface area contributed by atoms with E-state index in [1.54, 1.807) is 0 Å². The van der Waals surface area contributed by atoms with Gasteiger partial charge in [-0.25, -0.2) is 10.1 Å². The van der Waals surface area contributed by atoms with Crippen LogP contribution in [-0.2, 0) is 11.3 Å². The van der Waals surface area contributed by atoms with Gasteiger partial charge in [-0.3, -0.25) is 9.69 Å². The number of thiophene rings is 1. The lowest BCUT2D eigenvalue weighted by Crippen LogP contribution is -2.37. The predicted molar refractivity (Wildman–Crippen MR) is 104 cm³/mol. The van der Waals surface area contributed by atoms with Crippen molar-refractivity contribution in [3.8, 4) is 5.82 Å². The van der Waals surface area contributed by atoms with Crippen LogP contribution in [0.15, 0.2) is 27.2 Å². The van der Waals surface area contributed by atoms with E-state index in [-0.39, 0.29) is 17.3 Å².